The average molecular weight is 274 g/mol. The summed E-state index contributed by atoms with van der Waals surface area (Å²) < 4.78 is 17.0. The summed E-state index contributed by atoms with van der Waals surface area (Å²) >= 11 is 2.28. The van der Waals surface area contributed by atoms with E-state index in [-0.39, 0.29) is 0 Å². The van der Waals surface area contributed by atoms with Crippen molar-refractivity contribution in [3.63, 3.8) is 0 Å². The Labute approximate surface area is 109 Å². The number of anilines is 2. The van der Waals surface area contributed by atoms with Gasteiger partial charge in [0.1, 0.15) is 22.1 Å². The Hall–Kier alpha value is -2.06. The van der Waals surface area contributed by atoms with Gasteiger partial charge in [0.2, 0.25) is 0 Å². The van der Waals surface area contributed by atoms with Crippen LogP contribution in [0.2, 0.25) is 0 Å². The minimum absolute atomic E-state index is 0.602. The van der Waals surface area contributed by atoms with Crippen LogP contribution < -0.4 is 11.5 Å². The van der Waals surface area contributed by atoms with Crippen LogP contribution in [0.3, 0.4) is 0 Å². The maximum Gasteiger partial charge on any atom is 0.128 e. The lowest BCUT2D eigenvalue weighted by atomic mass is 10.0. The number of fused-ring (bicyclic) bond motifs is 5. The first-order valence-electron chi connectivity index (χ1n) is 5.11. The van der Waals surface area contributed by atoms with E-state index in [0.29, 0.717) is 11.4 Å². The fraction of sp³-hybridized carbons (Fsp3) is 0. The van der Waals surface area contributed by atoms with E-state index in [0.717, 1.165) is 56.3 Å². The lowest BCUT2D eigenvalue weighted by Crippen LogP contribution is -1.92. The van der Waals surface area contributed by atoms with Gasteiger partial charge in [-0.05, 0) is 12.1 Å². The van der Waals surface area contributed by atoms with E-state index >= 15 is 0 Å². The van der Waals surface area contributed by atoms with Gasteiger partial charge < -0.3 is 11.5 Å². The molecule has 2 aromatic carbocycles. The highest BCUT2D eigenvalue weighted by Gasteiger charge is 2.14. The van der Waals surface area contributed by atoms with E-state index in [9.17, 15) is 0 Å². The van der Waals surface area contributed by atoms with Gasteiger partial charge in [0.15, 0.2) is 0 Å². The molecule has 6 nitrogen and oxygen atoms in total. The number of nitrogen functional groups attached to an aromatic ring is 2. The third-order valence-corrected chi connectivity index (χ3v) is 3.98. The summed E-state index contributed by atoms with van der Waals surface area (Å²) in [5.41, 5.74) is 16.2. The maximum atomic E-state index is 5.99. The minimum Gasteiger partial charge on any atom is -0.397 e. The Balaban J connectivity index is 2.40. The maximum absolute atomic E-state index is 5.99. The lowest BCUT2D eigenvalue weighted by molar-refractivity contribution is 1.64. The molecule has 2 heterocycles. The lowest BCUT2D eigenvalue weighted by Gasteiger charge is -2.03. The highest BCUT2D eigenvalue weighted by atomic mass is 32.1. The molecule has 0 spiro atoms. The molecular formula is C10H6N6S2. The molecule has 0 bridgehead atoms. The number of benzene rings is 2. The van der Waals surface area contributed by atoms with Crippen molar-refractivity contribution in [2.75, 3.05) is 11.5 Å². The summed E-state index contributed by atoms with van der Waals surface area (Å²) in [6.45, 7) is 0. The van der Waals surface area contributed by atoms with Gasteiger partial charge >= 0.3 is 0 Å². The predicted octanol–water partition coefficient (Wildman–Crippen LogP) is 2.01. The first kappa shape index (κ1) is 9.92. The molecule has 4 N–H and O–H groups in total. The summed E-state index contributed by atoms with van der Waals surface area (Å²) in [6.07, 6.45) is 0. The largest absolute Gasteiger partial charge is 0.397 e. The molecule has 4 aromatic rings. The molecule has 0 saturated heterocycles. The summed E-state index contributed by atoms with van der Waals surface area (Å²) in [7, 11) is 0. The molecule has 0 saturated carbocycles. The smallest absolute Gasteiger partial charge is 0.128 e. The second-order valence-corrected chi connectivity index (χ2v) is 5.01. The third kappa shape index (κ3) is 1.11. The number of nitrogens with two attached hydrogens (primary N) is 2. The first-order chi connectivity index (χ1) is 8.75. The number of rotatable bonds is 0. The molecule has 18 heavy (non-hydrogen) atoms. The van der Waals surface area contributed by atoms with E-state index < -0.39 is 0 Å². The molecule has 0 unspecified atom stereocenters. The zero-order valence-electron chi connectivity index (χ0n) is 8.91. The average Bonchev–Trinajstić information content (AvgIpc) is 2.98. The molecule has 0 fully saturated rings. The fourth-order valence-corrected chi connectivity index (χ4v) is 3.27. The topological polar surface area (TPSA) is 104 Å². The Morgan fingerprint density at radius 2 is 1.06 bits per heavy atom. The summed E-state index contributed by atoms with van der Waals surface area (Å²) in [6, 6.07) is 3.73. The zero-order valence-corrected chi connectivity index (χ0v) is 10.5. The van der Waals surface area contributed by atoms with Gasteiger partial charge in [-0.25, -0.2) is 0 Å². The van der Waals surface area contributed by atoms with Crippen LogP contribution in [0.5, 0.6) is 0 Å². The van der Waals surface area contributed by atoms with Crippen LogP contribution in [0, 0.1) is 0 Å². The van der Waals surface area contributed by atoms with Crippen LogP contribution in [0.4, 0.5) is 11.4 Å². The molecule has 0 atom stereocenters. The van der Waals surface area contributed by atoms with E-state index in [1.165, 1.54) is 0 Å². The molecular weight excluding hydrogens is 268 g/mol. The Bertz CT molecular complexity index is 833. The highest BCUT2D eigenvalue weighted by Crippen LogP contribution is 2.35. The molecule has 0 radical (unpaired) electrons. The summed E-state index contributed by atoms with van der Waals surface area (Å²) in [4.78, 5) is 0. The molecule has 88 valence electrons. The van der Waals surface area contributed by atoms with E-state index in [2.05, 4.69) is 17.5 Å². The number of hydrogen-bond donors (Lipinski definition) is 2. The van der Waals surface area contributed by atoms with Crippen LogP contribution in [-0.4, -0.2) is 17.5 Å². The SMILES string of the molecule is Nc1cc2c(cc(N)c3nsnc32)c2nsnc12. The van der Waals surface area contributed by atoms with Crippen LogP contribution in [-0.2, 0) is 0 Å². The number of hydrogen-bond acceptors (Lipinski definition) is 8. The van der Waals surface area contributed by atoms with Crippen LogP contribution in [0.1, 0.15) is 0 Å². The van der Waals surface area contributed by atoms with Gasteiger partial charge in [0.05, 0.1) is 34.8 Å². The minimum atomic E-state index is 0.602. The zero-order chi connectivity index (χ0) is 12.3. The van der Waals surface area contributed by atoms with E-state index in [1.807, 2.05) is 12.1 Å². The van der Waals surface area contributed by atoms with Crippen molar-refractivity contribution in [2.24, 2.45) is 0 Å². The van der Waals surface area contributed by atoms with Crippen molar-refractivity contribution in [1.82, 2.24) is 17.5 Å². The van der Waals surface area contributed by atoms with Crippen LogP contribution in [0.25, 0.3) is 32.8 Å². The Kier molecular flexibility index (Phi) is 1.78. The Morgan fingerprint density at radius 1 is 0.667 bits per heavy atom. The van der Waals surface area contributed by atoms with Crippen molar-refractivity contribution in [3.05, 3.63) is 12.1 Å². The predicted molar refractivity (Wildman–Crippen MR) is 74.7 cm³/mol. The summed E-state index contributed by atoms with van der Waals surface area (Å²) in [5, 5.41) is 1.84. The van der Waals surface area contributed by atoms with Gasteiger partial charge in [0, 0.05) is 10.8 Å². The second kappa shape index (κ2) is 3.24. The first-order valence-corrected chi connectivity index (χ1v) is 6.57. The normalized spacial score (nSPS) is 11.8. The van der Waals surface area contributed by atoms with Gasteiger partial charge in [-0.1, -0.05) is 0 Å². The molecule has 2 aromatic heterocycles. The van der Waals surface area contributed by atoms with Crippen molar-refractivity contribution in [1.29, 1.82) is 0 Å². The van der Waals surface area contributed by atoms with Crippen LogP contribution >= 0.6 is 23.5 Å². The third-order valence-electron chi connectivity index (χ3n) is 2.92. The van der Waals surface area contributed by atoms with Gasteiger partial charge in [-0.3, -0.25) is 0 Å². The molecule has 4 rings (SSSR count). The molecule has 0 amide bonds. The molecule has 0 aliphatic rings. The molecule has 0 aliphatic heterocycles. The Morgan fingerprint density at radius 3 is 1.50 bits per heavy atom. The number of nitrogens with zero attached hydrogens (tertiary/aromatic N) is 4. The standard InChI is InChI=1S/C10H6N6S2/c11-5-1-3-4(8-9(5)15-18-14-8)2-6(12)10-7(3)13-17-16-10/h1-2H,11-12H2. The summed E-state index contributed by atoms with van der Waals surface area (Å²) in [5.74, 6) is 0. The monoisotopic (exact) mass is 274 g/mol. The van der Waals surface area contributed by atoms with E-state index in [1.54, 1.807) is 0 Å². The van der Waals surface area contributed by atoms with Crippen molar-refractivity contribution in [3.8, 4) is 0 Å². The molecule has 8 heteroatoms. The van der Waals surface area contributed by atoms with Crippen molar-refractivity contribution in [2.45, 2.75) is 0 Å². The van der Waals surface area contributed by atoms with Crippen molar-refractivity contribution >= 4 is 67.7 Å². The van der Waals surface area contributed by atoms with Gasteiger partial charge in [-0.2, -0.15) is 17.5 Å². The van der Waals surface area contributed by atoms with E-state index in [4.69, 9.17) is 11.5 Å². The quantitative estimate of drug-likeness (QED) is 0.475. The second-order valence-electron chi connectivity index (χ2n) is 3.95. The molecule has 0 aliphatic carbocycles. The highest BCUT2D eigenvalue weighted by molar-refractivity contribution is 7.00. The van der Waals surface area contributed by atoms with Crippen LogP contribution in [0.15, 0.2) is 12.1 Å². The van der Waals surface area contributed by atoms with Gasteiger partial charge in [0.25, 0.3) is 0 Å². The fourth-order valence-electron chi connectivity index (χ4n) is 2.10. The number of aromatic nitrogens is 4. The van der Waals surface area contributed by atoms with Crippen molar-refractivity contribution < 1.29 is 0 Å². The van der Waals surface area contributed by atoms with Gasteiger partial charge in [-0.15, -0.1) is 0 Å².